The van der Waals surface area contributed by atoms with Gasteiger partial charge in [0.25, 0.3) is 0 Å². The van der Waals surface area contributed by atoms with Crippen LogP contribution in [0.4, 0.5) is 13.2 Å². The monoisotopic (exact) mass is 467 g/mol. The Morgan fingerprint density at radius 3 is 2.39 bits per heavy atom. The smallest absolute Gasteiger partial charge is 0.416 e. The molecule has 2 aromatic carbocycles. The summed E-state index contributed by atoms with van der Waals surface area (Å²) < 4.78 is 48.4. The lowest BCUT2D eigenvalue weighted by atomic mass is 10.1. The fraction of sp³-hybridized carbons (Fsp3) is 0.273. The number of carbonyl (C=O) groups is 1. The van der Waals surface area contributed by atoms with Crippen molar-refractivity contribution in [1.29, 1.82) is 0 Å². The maximum atomic E-state index is 12.7. The summed E-state index contributed by atoms with van der Waals surface area (Å²) in [7, 11) is 0. The Morgan fingerprint density at radius 2 is 1.77 bits per heavy atom. The Bertz CT molecular complexity index is 1020. The molecule has 0 radical (unpaired) electrons. The summed E-state index contributed by atoms with van der Waals surface area (Å²) in [6.07, 6.45) is -4.35. The maximum absolute atomic E-state index is 12.7. The highest BCUT2D eigenvalue weighted by Crippen LogP contribution is 2.35. The number of thioether (sulfide) groups is 1. The Balaban J connectivity index is 1.59. The van der Waals surface area contributed by atoms with Crippen LogP contribution < -0.4 is 4.74 Å². The minimum atomic E-state index is -4.35. The lowest BCUT2D eigenvalue weighted by Crippen LogP contribution is -2.14. The quantitative estimate of drug-likeness (QED) is 0.285. The van der Waals surface area contributed by atoms with Crippen LogP contribution in [0.3, 0.4) is 0 Å². The molecule has 9 heteroatoms. The number of nitrogens with zero attached hydrogens (tertiary/aromatic N) is 1. The van der Waals surface area contributed by atoms with Gasteiger partial charge in [0.2, 0.25) is 0 Å². The minimum Gasteiger partial charge on any atom is -0.482 e. The normalized spacial score (nSPS) is 11.4. The van der Waals surface area contributed by atoms with Crippen molar-refractivity contribution in [2.75, 3.05) is 13.2 Å². The largest absolute Gasteiger partial charge is 0.482 e. The van der Waals surface area contributed by atoms with Crippen LogP contribution in [0.25, 0.3) is 10.6 Å². The first-order chi connectivity index (χ1) is 14.8. The van der Waals surface area contributed by atoms with Crippen molar-refractivity contribution < 1.29 is 27.4 Å². The van der Waals surface area contributed by atoms with Crippen LogP contribution in [0.15, 0.2) is 53.4 Å². The SMILES string of the molecule is CCOC(=O)COc1ccc(SCc2sc(-c3ccc(C(F)(F)F)cc3)nc2C)cc1. The zero-order valence-corrected chi connectivity index (χ0v) is 18.5. The Labute approximate surface area is 186 Å². The molecule has 3 rings (SSSR count). The molecule has 4 nitrogen and oxygen atoms in total. The molecule has 164 valence electrons. The van der Waals surface area contributed by atoms with Crippen LogP contribution in [-0.2, 0) is 21.5 Å². The first kappa shape index (κ1) is 23.1. The van der Waals surface area contributed by atoms with E-state index in [9.17, 15) is 18.0 Å². The Hall–Kier alpha value is -2.52. The molecular weight excluding hydrogens is 447 g/mol. The second-order valence-electron chi connectivity index (χ2n) is 6.46. The molecule has 0 saturated heterocycles. The Morgan fingerprint density at radius 1 is 1.10 bits per heavy atom. The molecule has 0 bridgehead atoms. The molecule has 0 N–H and O–H groups in total. The van der Waals surface area contributed by atoms with Gasteiger partial charge < -0.3 is 9.47 Å². The summed E-state index contributed by atoms with van der Waals surface area (Å²) in [5, 5.41) is 0.699. The number of carbonyl (C=O) groups excluding carboxylic acids is 1. The minimum absolute atomic E-state index is 0.132. The van der Waals surface area contributed by atoms with Gasteiger partial charge in [-0.05, 0) is 50.2 Å². The number of aryl methyl sites for hydroxylation is 1. The third kappa shape index (κ3) is 6.48. The molecule has 0 fully saturated rings. The average molecular weight is 468 g/mol. The van der Waals surface area contributed by atoms with E-state index in [0.717, 1.165) is 27.6 Å². The van der Waals surface area contributed by atoms with Gasteiger partial charge in [-0.2, -0.15) is 13.2 Å². The van der Waals surface area contributed by atoms with E-state index in [2.05, 4.69) is 4.98 Å². The van der Waals surface area contributed by atoms with Crippen LogP contribution in [0, 0.1) is 6.92 Å². The lowest BCUT2D eigenvalue weighted by molar-refractivity contribution is -0.145. The van der Waals surface area contributed by atoms with E-state index in [1.54, 1.807) is 30.8 Å². The highest BCUT2D eigenvalue weighted by molar-refractivity contribution is 7.98. The second kappa shape index (κ2) is 10.2. The molecule has 0 saturated carbocycles. The topological polar surface area (TPSA) is 48.4 Å². The first-order valence-electron chi connectivity index (χ1n) is 9.41. The van der Waals surface area contributed by atoms with E-state index in [-0.39, 0.29) is 6.61 Å². The number of halogens is 3. The van der Waals surface area contributed by atoms with Crippen molar-refractivity contribution >= 4 is 29.1 Å². The van der Waals surface area contributed by atoms with Gasteiger partial charge in [-0.3, -0.25) is 0 Å². The van der Waals surface area contributed by atoms with Gasteiger partial charge in [0.15, 0.2) is 6.61 Å². The van der Waals surface area contributed by atoms with Crippen molar-refractivity contribution in [1.82, 2.24) is 4.98 Å². The molecule has 0 aliphatic heterocycles. The third-order valence-electron chi connectivity index (χ3n) is 4.21. The highest BCUT2D eigenvalue weighted by Gasteiger charge is 2.30. The van der Waals surface area contributed by atoms with E-state index < -0.39 is 17.7 Å². The number of benzene rings is 2. The number of aromatic nitrogens is 1. The van der Waals surface area contributed by atoms with E-state index >= 15 is 0 Å². The molecule has 1 heterocycles. The fourth-order valence-electron chi connectivity index (χ4n) is 2.61. The molecule has 31 heavy (non-hydrogen) atoms. The number of alkyl halides is 3. The molecule has 0 atom stereocenters. The van der Waals surface area contributed by atoms with Gasteiger partial charge >= 0.3 is 12.1 Å². The summed E-state index contributed by atoms with van der Waals surface area (Å²) in [4.78, 5) is 17.9. The summed E-state index contributed by atoms with van der Waals surface area (Å²) in [5.41, 5.74) is 0.859. The fourth-order valence-corrected chi connectivity index (χ4v) is 4.72. The van der Waals surface area contributed by atoms with Crippen molar-refractivity contribution in [2.45, 2.75) is 30.7 Å². The van der Waals surface area contributed by atoms with Crippen LogP contribution in [0.2, 0.25) is 0 Å². The highest BCUT2D eigenvalue weighted by atomic mass is 32.2. The third-order valence-corrected chi connectivity index (χ3v) is 6.64. The zero-order valence-electron chi connectivity index (χ0n) is 16.9. The van der Waals surface area contributed by atoms with Gasteiger partial charge in [0, 0.05) is 21.1 Å². The van der Waals surface area contributed by atoms with Crippen molar-refractivity contribution in [3.63, 3.8) is 0 Å². The predicted octanol–water partition coefficient (Wildman–Crippen LogP) is 6.37. The zero-order chi connectivity index (χ0) is 22.4. The molecule has 0 amide bonds. The summed E-state index contributed by atoms with van der Waals surface area (Å²) in [6, 6.07) is 12.4. The molecule has 0 aliphatic carbocycles. The first-order valence-corrected chi connectivity index (χ1v) is 11.2. The van der Waals surface area contributed by atoms with Crippen molar-refractivity contribution in [3.05, 3.63) is 64.7 Å². The van der Waals surface area contributed by atoms with Crippen LogP contribution in [-0.4, -0.2) is 24.2 Å². The van der Waals surface area contributed by atoms with Crippen LogP contribution in [0.5, 0.6) is 5.75 Å². The molecule has 0 aliphatic rings. The van der Waals surface area contributed by atoms with Crippen molar-refractivity contribution in [3.8, 4) is 16.3 Å². The average Bonchev–Trinajstić information content (AvgIpc) is 3.12. The van der Waals surface area contributed by atoms with Crippen molar-refractivity contribution in [2.24, 2.45) is 0 Å². The molecule has 1 aromatic heterocycles. The van der Waals surface area contributed by atoms with E-state index in [1.165, 1.54) is 23.5 Å². The van der Waals surface area contributed by atoms with Crippen LogP contribution in [0.1, 0.15) is 23.1 Å². The molecule has 0 spiro atoms. The predicted molar refractivity (Wildman–Crippen MR) is 115 cm³/mol. The molecule has 0 unspecified atom stereocenters. The summed E-state index contributed by atoms with van der Waals surface area (Å²) in [5.74, 6) is 0.856. The van der Waals surface area contributed by atoms with Gasteiger partial charge in [-0.1, -0.05) is 12.1 Å². The van der Waals surface area contributed by atoms with Gasteiger partial charge in [0.05, 0.1) is 17.9 Å². The van der Waals surface area contributed by atoms with Crippen LogP contribution >= 0.6 is 23.1 Å². The Kier molecular flexibility index (Phi) is 7.61. The van der Waals surface area contributed by atoms with E-state index in [4.69, 9.17) is 9.47 Å². The van der Waals surface area contributed by atoms with Gasteiger partial charge in [0.1, 0.15) is 10.8 Å². The second-order valence-corrected chi connectivity index (χ2v) is 8.59. The number of thiazole rings is 1. The molecular formula is C22H20F3NO3S2. The summed E-state index contributed by atoms with van der Waals surface area (Å²) >= 11 is 3.09. The number of hydrogen-bond acceptors (Lipinski definition) is 6. The number of rotatable bonds is 8. The van der Waals surface area contributed by atoms with E-state index in [1.807, 2.05) is 19.1 Å². The standard InChI is InChI=1S/C22H20F3NO3S2/c1-3-28-20(27)12-29-17-8-10-18(11-9-17)30-13-19-14(2)26-21(31-19)15-4-6-16(7-5-15)22(23,24)25/h4-11H,3,12-13H2,1-2H3. The lowest BCUT2D eigenvalue weighted by Gasteiger charge is -2.06. The van der Waals surface area contributed by atoms with Gasteiger partial charge in [-0.25, -0.2) is 9.78 Å². The van der Waals surface area contributed by atoms with E-state index in [0.29, 0.717) is 28.7 Å². The number of ether oxygens (including phenoxy) is 2. The number of esters is 1. The molecule has 3 aromatic rings. The van der Waals surface area contributed by atoms with Gasteiger partial charge in [-0.15, -0.1) is 23.1 Å². The number of hydrogen-bond donors (Lipinski definition) is 0. The maximum Gasteiger partial charge on any atom is 0.416 e. The summed E-state index contributed by atoms with van der Waals surface area (Å²) in [6.45, 7) is 3.82.